The van der Waals surface area contributed by atoms with Crippen molar-refractivity contribution in [1.82, 2.24) is 19.7 Å². The molecule has 0 atom stereocenters. The van der Waals surface area contributed by atoms with Gasteiger partial charge in [0, 0.05) is 6.20 Å². The maximum absolute atomic E-state index is 5.88. The summed E-state index contributed by atoms with van der Waals surface area (Å²) >= 11 is 7.42. The van der Waals surface area contributed by atoms with Gasteiger partial charge < -0.3 is 0 Å². The molecular weight excluding hydrogens is 244 g/mol. The van der Waals surface area contributed by atoms with Gasteiger partial charge in [0.2, 0.25) is 5.28 Å². The minimum absolute atomic E-state index is 0.248. The highest BCUT2D eigenvalue weighted by molar-refractivity contribution is 7.16. The molecule has 4 nitrogen and oxygen atoms in total. The van der Waals surface area contributed by atoms with Crippen LogP contribution in [-0.4, -0.2) is 19.7 Å². The fourth-order valence-corrected chi connectivity index (χ4v) is 2.50. The highest BCUT2D eigenvalue weighted by atomic mass is 35.5. The van der Waals surface area contributed by atoms with E-state index in [1.807, 2.05) is 30.6 Å². The number of aryl methyl sites for hydroxylation is 1. The standard InChI is InChI=1S/C10H7ClN4S/c1-6-2-4-15(14-6)8-7-3-5-16-9(7)13-10(11)12-8/h2-5H,1H3. The van der Waals surface area contributed by atoms with Crippen LogP contribution < -0.4 is 0 Å². The first-order valence-corrected chi connectivity index (χ1v) is 5.93. The van der Waals surface area contributed by atoms with E-state index in [2.05, 4.69) is 15.1 Å². The minimum atomic E-state index is 0.248. The zero-order valence-corrected chi connectivity index (χ0v) is 9.96. The summed E-state index contributed by atoms with van der Waals surface area (Å²) < 4.78 is 1.72. The third kappa shape index (κ3) is 1.48. The van der Waals surface area contributed by atoms with E-state index >= 15 is 0 Å². The van der Waals surface area contributed by atoms with E-state index in [0.717, 1.165) is 21.7 Å². The minimum Gasteiger partial charge on any atom is -0.222 e. The van der Waals surface area contributed by atoms with E-state index in [-0.39, 0.29) is 5.28 Å². The molecule has 0 radical (unpaired) electrons. The Morgan fingerprint density at radius 2 is 2.19 bits per heavy atom. The number of rotatable bonds is 1. The first-order valence-electron chi connectivity index (χ1n) is 4.67. The van der Waals surface area contributed by atoms with Gasteiger partial charge in [-0.3, -0.25) is 0 Å². The smallest absolute Gasteiger partial charge is 0.222 e. The van der Waals surface area contributed by atoms with Crippen LogP contribution in [0.1, 0.15) is 5.69 Å². The topological polar surface area (TPSA) is 43.6 Å². The molecule has 3 aromatic heterocycles. The average molecular weight is 251 g/mol. The highest BCUT2D eigenvalue weighted by Gasteiger charge is 2.10. The van der Waals surface area contributed by atoms with E-state index in [1.165, 1.54) is 0 Å². The lowest BCUT2D eigenvalue weighted by molar-refractivity contribution is 0.837. The third-order valence-electron chi connectivity index (χ3n) is 2.22. The Morgan fingerprint density at radius 1 is 1.31 bits per heavy atom. The quantitative estimate of drug-likeness (QED) is 0.624. The van der Waals surface area contributed by atoms with Crippen molar-refractivity contribution < 1.29 is 0 Å². The van der Waals surface area contributed by atoms with Crippen molar-refractivity contribution in [3.05, 3.63) is 34.7 Å². The molecular formula is C10H7ClN4S. The van der Waals surface area contributed by atoms with Crippen molar-refractivity contribution in [2.45, 2.75) is 6.92 Å². The lowest BCUT2D eigenvalue weighted by atomic mass is 10.4. The van der Waals surface area contributed by atoms with Crippen molar-refractivity contribution in [3.63, 3.8) is 0 Å². The van der Waals surface area contributed by atoms with Gasteiger partial charge in [-0.15, -0.1) is 11.3 Å². The molecule has 3 heterocycles. The lowest BCUT2D eigenvalue weighted by Gasteiger charge is -2.02. The van der Waals surface area contributed by atoms with Gasteiger partial charge in [-0.1, -0.05) is 0 Å². The van der Waals surface area contributed by atoms with Gasteiger partial charge in [-0.25, -0.2) is 9.67 Å². The van der Waals surface area contributed by atoms with Crippen molar-refractivity contribution in [1.29, 1.82) is 0 Å². The largest absolute Gasteiger partial charge is 0.225 e. The molecule has 0 saturated heterocycles. The van der Waals surface area contributed by atoms with Crippen LogP contribution in [0.5, 0.6) is 0 Å². The summed E-state index contributed by atoms with van der Waals surface area (Å²) in [5, 5.41) is 7.51. The zero-order valence-electron chi connectivity index (χ0n) is 8.38. The summed E-state index contributed by atoms with van der Waals surface area (Å²) in [6, 6.07) is 3.90. The fourth-order valence-electron chi connectivity index (χ4n) is 1.52. The predicted octanol–water partition coefficient (Wildman–Crippen LogP) is 2.84. The summed E-state index contributed by atoms with van der Waals surface area (Å²) in [5.74, 6) is 0.726. The Labute approximate surface area is 101 Å². The van der Waals surface area contributed by atoms with Crippen LogP contribution >= 0.6 is 22.9 Å². The van der Waals surface area contributed by atoms with Gasteiger partial charge in [-0.2, -0.15) is 10.1 Å². The highest BCUT2D eigenvalue weighted by Crippen LogP contribution is 2.25. The van der Waals surface area contributed by atoms with Gasteiger partial charge in [-0.05, 0) is 36.0 Å². The lowest BCUT2D eigenvalue weighted by Crippen LogP contribution is -2.00. The normalized spacial score (nSPS) is 11.1. The van der Waals surface area contributed by atoms with Gasteiger partial charge in [0.25, 0.3) is 0 Å². The number of aromatic nitrogens is 4. The van der Waals surface area contributed by atoms with Gasteiger partial charge in [0.1, 0.15) is 4.83 Å². The van der Waals surface area contributed by atoms with Crippen LogP contribution in [0.2, 0.25) is 5.28 Å². The predicted molar refractivity (Wildman–Crippen MR) is 64.3 cm³/mol. The Hall–Kier alpha value is -1.46. The summed E-state index contributed by atoms with van der Waals surface area (Å²) in [4.78, 5) is 9.26. The number of fused-ring (bicyclic) bond motifs is 1. The Balaban J connectivity index is 2.33. The Bertz CT molecular complexity index is 658. The molecule has 0 aromatic carbocycles. The second-order valence-electron chi connectivity index (χ2n) is 3.36. The number of hydrogen-bond donors (Lipinski definition) is 0. The molecule has 3 rings (SSSR count). The summed E-state index contributed by atoms with van der Waals surface area (Å²) in [7, 11) is 0. The molecule has 0 spiro atoms. The molecule has 0 saturated carbocycles. The van der Waals surface area contributed by atoms with Gasteiger partial charge in [0.15, 0.2) is 5.82 Å². The molecule has 0 bridgehead atoms. The Morgan fingerprint density at radius 3 is 2.94 bits per heavy atom. The van der Waals surface area contributed by atoms with E-state index in [0.29, 0.717) is 0 Å². The van der Waals surface area contributed by atoms with Crippen LogP contribution in [-0.2, 0) is 0 Å². The van der Waals surface area contributed by atoms with Crippen LogP contribution in [0, 0.1) is 6.92 Å². The fraction of sp³-hybridized carbons (Fsp3) is 0.100. The molecule has 0 aliphatic heterocycles. The molecule has 0 unspecified atom stereocenters. The van der Waals surface area contributed by atoms with Crippen LogP contribution in [0.25, 0.3) is 16.0 Å². The second kappa shape index (κ2) is 3.54. The monoisotopic (exact) mass is 250 g/mol. The molecule has 0 aliphatic carbocycles. The molecule has 16 heavy (non-hydrogen) atoms. The summed E-state index contributed by atoms with van der Waals surface area (Å²) in [6.07, 6.45) is 1.87. The van der Waals surface area contributed by atoms with Crippen molar-refractivity contribution in [3.8, 4) is 5.82 Å². The van der Waals surface area contributed by atoms with E-state index in [9.17, 15) is 0 Å². The molecule has 0 fully saturated rings. The zero-order chi connectivity index (χ0) is 11.1. The summed E-state index contributed by atoms with van der Waals surface area (Å²) in [5.41, 5.74) is 0.943. The van der Waals surface area contributed by atoms with Crippen molar-refractivity contribution in [2.75, 3.05) is 0 Å². The average Bonchev–Trinajstić information content (AvgIpc) is 2.84. The second-order valence-corrected chi connectivity index (χ2v) is 4.59. The van der Waals surface area contributed by atoms with Gasteiger partial charge >= 0.3 is 0 Å². The molecule has 80 valence electrons. The SMILES string of the molecule is Cc1ccn(-c2nc(Cl)nc3sccc23)n1. The first-order chi connectivity index (χ1) is 7.74. The summed E-state index contributed by atoms with van der Waals surface area (Å²) in [6.45, 7) is 1.93. The molecule has 0 N–H and O–H groups in total. The van der Waals surface area contributed by atoms with Crippen LogP contribution in [0.4, 0.5) is 0 Å². The number of hydrogen-bond acceptors (Lipinski definition) is 4. The molecule has 6 heteroatoms. The number of halogens is 1. The maximum atomic E-state index is 5.88. The van der Waals surface area contributed by atoms with Crippen LogP contribution in [0.3, 0.4) is 0 Å². The van der Waals surface area contributed by atoms with Crippen molar-refractivity contribution in [2.24, 2.45) is 0 Å². The molecule has 0 aliphatic rings. The first kappa shape index (κ1) is 9.74. The maximum Gasteiger partial charge on any atom is 0.225 e. The number of thiophene rings is 1. The van der Waals surface area contributed by atoms with Crippen molar-refractivity contribution >= 4 is 33.2 Å². The molecule has 0 amide bonds. The third-order valence-corrected chi connectivity index (χ3v) is 3.19. The van der Waals surface area contributed by atoms with E-state index < -0.39 is 0 Å². The van der Waals surface area contributed by atoms with E-state index in [4.69, 9.17) is 11.6 Å². The van der Waals surface area contributed by atoms with E-state index in [1.54, 1.807) is 16.0 Å². The number of nitrogens with zero attached hydrogens (tertiary/aromatic N) is 4. The Kier molecular flexibility index (Phi) is 2.15. The van der Waals surface area contributed by atoms with Gasteiger partial charge in [0.05, 0.1) is 11.1 Å². The van der Waals surface area contributed by atoms with Crippen LogP contribution in [0.15, 0.2) is 23.7 Å². The molecule has 3 aromatic rings.